The van der Waals surface area contributed by atoms with E-state index < -0.39 is 5.60 Å². The Kier molecular flexibility index (Phi) is 3.31. The van der Waals surface area contributed by atoms with Crippen LogP contribution in [0.25, 0.3) is 0 Å². The normalized spacial score (nSPS) is 18.2. The first-order valence-electron chi connectivity index (χ1n) is 6.08. The van der Waals surface area contributed by atoms with Gasteiger partial charge in [-0.1, -0.05) is 18.2 Å². The maximum atomic E-state index is 10.2. The van der Waals surface area contributed by atoms with Gasteiger partial charge < -0.3 is 10.4 Å². The number of fused-ring (bicyclic) bond motifs is 1. The second kappa shape index (κ2) is 4.56. The van der Waals surface area contributed by atoms with E-state index in [1.165, 1.54) is 36.0 Å². The summed E-state index contributed by atoms with van der Waals surface area (Å²) < 4.78 is 0. The van der Waals surface area contributed by atoms with E-state index in [1.807, 2.05) is 14.0 Å². The molecule has 0 saturated carbocycles. The quantitative estimate of drug-likeness (QED) is 0.807. The first kappa shape index (κ1) is 11.6. The molecular formula is C14H21NO. The molecule has 0 aliphatic heterocycles. The van der Waals surface area contributed by atoms with E-state index in [0.717, 1.165) is 6.42 Å². The maximum Gasteiger partial charge on any atom is 0.0783 e. The van der Waals surface area contributed by atoms with E-state index in [1.54, 1.807) is 0 Å². The highest BCUT2D eigenvalue weighted by Crippen LogP contribution is 2.24. The maximum absolute atomic E-state index is 10.2. The van der Waals surface area contributed by atoms with Gasteiger partial charge in [0.1, 0.15) is 0 Å². The highest BCUT2D eigenvalue weighted by molar-refractivity contribution is 5.35. The molecule has 88 valence electrons. The molecule has 16 heavy (non-hydrogen) atoms. The lowest BCUT2D eigenvalue weighted by atomic mass is 9.94. The van der Waals surface area contributed by atoms with Gasteiger partial charge in [0.15, 0.2) is 0 Å². The van der Waals surface area contributed by atoms with E-state index in [-0.39, 0.29) is 0 Å². The molecule has 2 heteroatoms. The Morgan fingerprint density at radius 2 is 2.06 bits per heavy atom. The standard InChI is InChI=1S/C14H21NO/c1-14(16,10-15-2)9-11-6-7-12-4-3-5-13(12)8-11/h6-8,15-16H,3-5,9-10H2,1-2H3. The summed E-state index contributed by atoms with van der Waals surface area (Å²) in [4.78, 5) is 0. The average molecular weight is 219 g/mol. The fraction of sp³-hybridized carbons (Fsp3) is 0.571. The number of aliphatic hydroxyl groups is 1. The number of aryl methyl sites for hydroxylation is 2. The van der Waals surface area contributed by atoms with Crippen LogP contribution in [0.1, 0.15) is 30.0 Å². The Bertz CT molecular complexity index is 371. The van der Waals surface area contributed by atoms with E-state index in [9.17, 15) is 5.11 Å². The minimum absolute atomic E-state index is 0.629. The molecule has 0 bridgehead atoms. The molecule has 0 amide bonds. The van der Waals surface area contributed by atoms with Crippen LogP contribution in [-0.2, 0) is 19.3 Å². The Morgan fingerprint density at radius 1 is 1.31 bits per heavy atom. The Labute approximate surface area is 97.7 Å². The van der Waals surface area contributed by atoms with E-state index in [0.29, 0.717) is 6.54 Å². The van der Waals surface area contributed by atoms with Crippen molar-refractivity contribution in [1.82, 2.24) is 5.32 Å². The van der Waals surface area contributed by atoms with Crippen LogP contribution in [-0.4, -0.2) is 24.3 Å². The number of likely N-dealkylation sites (N-methyl/N-ethyl adjacent to an activating group) is 1. The first-order chi connectivity index (χ1) is 7.61. The molecule has 1 atom stereocenters. The van der Waals surface area contributed by atoms with Gasteiger partial charge in [0.25, 0.3) is 0 Å². The van der Waals surface area contributed by atoms with Crippen LogP contribution in [0.15, 0.2) is 18.2 Å². The zero-order valence-electron chi connectivity index (χ0n) is 10.2. The molecule has 1 aromatic rings. The number of hydrogen-bond donors (Lipinski definition) is 2. The van der Waals surface area contributed by atoms with Crippen molar-refractivity contribution >= 4 is 0 Å². The van der Waals surface area contributed by atoms with Gasteiger partial charge in [0.2, 0.25) is 0 Å². The fourth-order valence-corrected chi connectivity index (χ4v) is 2.62. The summed E-state index contributed by atoms with van der Waals surface area (Å²) in [5, 5.41) is 13.2. The van der Waals surface area contributed by atoms with E-state index in [2.05, 4.69) is 23.5 Å². The highest BCUT2D eigenvalue weighted by atomic mass is 16.3. The van der Waals surface area contributed by atoms with E-state index >= 15 is 0 Å². The van der Waals surface area contributed by atoms with Gasteiger partial charge >= 0.3 is 0 Å². The Balaban J connectivity index is 2.10. The first-order valence-corrected chi connectivity index (χ1v) is 6.08. The largest absolute Gasteiger partial charge is 0.389 e. The van der Waals surface area contributed by atoms with Gasteiger partial charge in [-0.15, -0.1) is 0 Å². The Hall–Kier alpha value is -0.860. The van der Waals surface area contributed by atoms with Crippen molar-refractivity contribution in [2.24, 2.45) is 0 Å². The highest BCUT2D eigenvalue weighted by Gasteiger charge is 2.20. The molecule has 0 saturated heterocycles. The summed E-state index contributed by atoms with van der Waals surface area (Å²) in [6.45, 7) is 2.51. The molecule has 0 aromatic heterocycles. The topological polar surface area (TPSA) is 32.3 Å². The molecule has 0 spiro atoms. The van der Waals surface area contributed by atoms with Crippen LogP contribution >= 0.6 is 0 Å². The van der Waals surface area contributed by atoms with Gasteiger partial charge in [0, 0.05) is 13.0 Å². The number of rotatable bonds is 4. The molecule has 0 radical (unpaired) electrons. The van der Waals surface area contributed by atoms with Crippen molar-refractivity contribution in [3.05, 3.63) is 34.9 Å². The summed E-state index contributed by atoms with van der Waals surface area (Å²) >= 11 is 0. The molecule has 1 aliphatic carbocycles. The zero-order valence-corrected chi connectivity index (χ0v) is 10.2. The van der Waals surface area contributed by atoms with Crippen LogP contribution in [0.2, 0.25) is 0 Å². The molecule has 2 nitrogen and oxygen atoms in total. The monoisotopic (exact) mass is 219 g/mol. The van der Waals surface area contributed by atoms with Crippen LogP contribution in [0.4, 0.5) is 0 Å². The van der Waals surface area contributed by atoms with Gasteiger partial charge in [-0.05, 0) is 49.9 Å². The van der Waals surface area contributed by atoms with Gasteiger partial charge in [-0.3, -0.25) is 0 Å². The summed E-state index contributed by atoms with van der Waals surface area (Å²) in [6, 6.07) is 6.66. The van der Waals surface area contributed by atoms with Crippen molar-refractivity contribution in [2.75, 3.05) is 13.6 Å². The third-order valence-corrected chi connectivity index (χ3v) is 3.31. The lowest BCUT2D eigenvalue weighted by Crippen LogP contribution is -2.38. The average Bonchev–Trinajstić information content (AvgIpc) is 2.63. The van der Waals surface area contributed by atoms with Crippen molar-refractivity contribution in [3.8, 4) is 0 Å². The lowest BCUT2D eigenvalue weighted by Gasteiger charge is -2.23. The summed E-state index contributed by atoms with van der Waals surface area (Å²) in [6.07, 6.45) is 4.44. The molecule has 1 aromatic carbocycles. The predicted molar refractivity (Wildman–Crippen MR) is 66.7 cm³/mol. The van der Waals surface area contributed by atoms with Gasteiger partial charge in [-0.2, -0.15) is 0 Å². The number of nitrogens with one attached hydrogen (secondary N) is 1. The minimum atomic E-state index is -0.651. The molecular weight excluding hydrogens is 198 g/mol. The van der Waals surface area contributed by atoms with Crippen molar-refractivity contribution < 1.29 is 5.11 Å². The predicted octanol–water partition coefficient (Wildman–Crippen LogP) is 1.69. The third-order valence-electron chi connectivity index (χ3n) is 3.31. The van der Waals surface area contributed by atoms with Crippen LogP contribution in [0.5, 0.6) is 0 Å². The van der Waals surface area contributed by atoms with Crippen LogP contribution < -0.4 is 5.32 Å². The van der Waals surface area contributed by atoms with Crippen LogP contribution in [0.3, 0.4) is 0 Å². The molecule has 1 unspecified atom stereocenters. The zero-order chi connectivity index (χ0) is 11.6. The van der Waals surface area contributed by atoms with Crippen molar-refractivity contribution in [1.29, 1.82) is 0 Å². The van der Waals surface area contributed by atoms with Crippen molar-refractivity contribution in [3.63, 3.8) is 0 Å². The number of hydrogen-bond acceptors (Lipinski definition) is 2. The molecule has 1 aliphatic rings. The second-order valence-electron chi connectivity index (χ2n) is 5.16. The third kappa shape index (κ3) is 2.63. The summed E-state index contributed by atoms with van der Waals surface area (Å²) in [5.74, 6) is 0. The second-order valence-corrected chi connectivity index (χ2v) is 5.16. The van der Waals surface area contributed by atoms with Crippen LogP contribution in [0, 0.1) is 0 Å². The molecule has 2 rings (SSSR count). The minimum Gasteiger partial charge on any atom is -0.389 e. The van der Waals surface area contributed by atoms with Gasteiger partial charge in [0.05, 0.1) is 5.60 Å². The Morgan fingerprint density at radius 3 is 2.81 bits per heavy atom. The van der Waals surface area contributed by atoms with Gasteiger partial charge in [-0.25, -0.2) is 0 Å². The molecule has 0 fully saturated rings. The summed E-state index contributed by atoms with van der Waals surface area (Å²) in [7, 11) is 1.87. The van der Waals surface area contributed by atoms with E-state index in [4.69, 9.17) is 0 Å². The fourth-order valence-electron chi connectivity index (χ4n) is 2.62. The SMILES string of the molecule is CNCC(C)(O)Cc1ccc2c(c1)CCC2. The number of benzene rings is 1. The smallest absolute Gasteiger partial charge is 0.0783 e. The van der Waals surface area contributed by atoms with Crippen molar-refractivity contribution in [2.45, 2.75) is 38.2 Å². The lowest BCUT2D eigenvalue weighted by molar-refractivity contribution is 0.0622. The summed E-state index contributed by atoms with van der Waals surface area (Å²) in [5.41, 5.74) is 3.58. The molecule has 0 heterocycles. The molecule has 2 N–H and O–H groups in total.